The standard InChI is InChI=1S/C28H27NO.C8H11NO/c1-3-18-29(28(30)27-15-9-13-23-12-7-8-14-26(23)27)20-25-19-24(17-16-21(25)2)22-10-5-4-6-11-22;1-2-6-9-7-4-3-5-8(9)10/h4-17,19H,3,18,20H2,1-2H3;3-5,7H,2,6H2,1H3. The van der Waals surface area contributed by atoms with Crippen LogP contribution in [0, 0.1) is 6.92 Å². The molecule has 40 heavy (non-hydrogen) atoms. The second-order valence-electron chi connectivity index (χ2n) is 9.99. The van der Waals surface area contributed by atoms with Crippen LogP contribution in [0.5, 0.6) is 0 Å². The lowest BCUT2D eigenvalue weighted by Crippen LogP contribution is -2.31. The van der Waals surface area contributed by atoms with Crippen LogP contribution in [-0.4, -0.2) is 21.9 Å². The Balaban J connectivity index is 0.000000312. The molecule has 0 spiro atoms. The zero-order valence-corrected chi connectivity index (χ0v) is 23.7. The molecule has 5 aromatic rings. The molecule has 0 unspecified atom stereocenters. The van der Waals surface area contributed by atoms with Crippen molar-refractivity contribution in [3.05, 3.63) is 142 Å². The first-order chi connectivity index (χ1) is 19.5. The van der Waals surface area contributed by atoms with E-state index in [4.69, 9.17) is 0 Å². The van der Waals surface area contributed by atoms with Gasteiger partial charge in [-0.3, -0.25) is 9.59 Å². The van der Waals surface area contributed by atoms with Crippen molar-refractivity contribution in [2.24, 2.45) is 0 Å². The Bertz CT molecular complexity index is 1600. The quantitative estimate of drug-likeness (QED) is 0.203. The van der Waals surface area contributed by atoms with Crippen LogP contribution in [0.4, 0.5) is 0 Å². The predicted molar refractivity (Wildman–Crippen MR) is 167 cm³/mol. The van der Waals surface area contributed by atoms with Gasteiger partial charge in [-0.25, -0.2) is 0 Å². The zero-order valence-electron chi connectivity index (χ0n) is 23.7. The summed E-state index contributed by atoms with van der Waals surface area (Å²) >= 11 is 0. The molecule has 1 amide bonds. The van der Waals surface area contributed by atoms with Crippen molar-refractivity contribution in [2.45, 2.75) is 46.7 Å². The van der Waals surface area contributed by atoms with Gasteiger partial charge in [-0.1, -0.05) is 98.8 Å². The number of amides is 1. The topological polar surface area (TPSA) is 42.3 Å². The maximum atomic E-state index is 13.5. The maximum absolute atomic E-state index is 13.5. The van der Waals surface area contributed by atoms with Crippen molar-refractivity contribution in [2.75, 3.05) is 6.54 Å². The van der Waals surface area contributed by atoms with Crippen molar-refractivity contribution in [1.29, 1.82) is 0 Å². The third-order valence-electron chi connectivity index (χ3n) is 6.98. The normalized spacial score (nSPS) is 10.6. The molecule has 0 aliphatic rings. The third kappa shape index (κ3) is 7.15. The van der Waals surface area contributed by atoms with Crippen molar-refractivity contribution < 1.29 is 4.79 Å². The largest absolute Gasteiger partial charge is 0.334 e. The van der Waals surface area contributed by atoms with Crippen LogP contribution >= 0.6 is 0 Å². The van der Waals surface area contributed by atoms with Gasteiger partial charge < -0.3 is 9.47 Å². The van der Waals surface area contributed by atoms with E-state index in [9.17, 15) is 9.59 Å². The Kier molecular flexibility index (Phi) is 10.1. The summed E-state index contributed by atoms with van der Waals surface area (Å²) in [6.45, 7) is 8.46. The zero-order chi connectivity index (χ0) is 28.3. The molecule has 0 aliphatic heterocycles. The molecule has 0 fully saturated rings. The van der Waals surface area contributed by atoms with Gasteiger partial charge in [0.25, 0.3) is 5.91 Å². The summed E-state index contributed by atoms with van der Waals surface area (Å²) in [6, 6.07) is 36.2. The van der Waals surface area contributed by atoms with Gasteiger partial charge in [0.2, 0.25) is 5.56 Å². The van der Waals surface area contributed by atoms with E-state index in [-0.39, 0.29) is 11.5 Å². The van der Waals surface area contributed by atoms with Gasteiger partial charge in [-0.05, 0) is 71.0 Å². The highest BCUT2D eigenvalue weighted by Crippen LogP contribution is 2.25. The van der Waals surface area contributed by atoms with Crippen LogP contribution in [0.15, 0.2) is 120 Å². The Labute approximate surface area is 237 Å². The second kappa shape index (κ2) is 14.1. The minimum atomic E-state index is 0.0874. The molecule has 0 atom stereocenters. The van der Waals surface area contributed by atoms with Crippen molar-refractivity contribution in [3.63, 3.8) is 0 Å². The molecule has 5 rings (SSSR count). The Morgan fingerprint density at radius 1 is 0.750 bits per heavy atom. The first-order valence-electron chi connectivity index (χ1n) is 14.1. The second-order valence-corrected chi connectivity index (χ2v) is 9.99. The minimum Gasteiger partial charge on any atom is -0.334 e. The summed E-state index contributed by atoms with van der Waals surface area (Å²) in [5.41, 5.74) is 5.65. The van der Waals surface area contributed by atoms with E-state index in [1.165, 1.54) is 22.3 Å². The van der Waals surface area contributed by atoms with Gasteiger partial charge in [0.15, 0.2) is 0 Å². The highest BCUT2D eigenvalue weighted by Gasteiger charge is 2.18. The van der Waals surface area contributed by atoms with E-state index in [1.54, 1.807) is 16.7 Å². The molecular weight excluding hydrogens is 492 g/mol. The van der Waals surface area contributed by atoms with Gasteiger partial charge >= 0.3 is 0 Å². The van der Waals surface area contributed by atoms with Crippen LogP contribution in [-0.2, 0) is 13.1 Å². The molecule has 0 N–H and O–H groups in total. The fourth-order valence-electron chi connectivity index (χ4n) is 4.85. The Morgan fingerprint density at radius 2 is 1.48 bits per heavy atom. The number of nitrogens with zero attached hydrogens (tertiary/aromatic N) is 2. The monoisotopic (exact) mass is 530 g/mol. The molecule has 4 heteroatoms. The number of benzene rings is 4. The molecule has 0 bridgehead atoms. The highest BCUT2D eigenvalue weighted by atomic mass is 16.2. The van der Waals surface area contributed by atoms with Gasteiger partial charge in [0.05, 0.1) is 0 Å². The van der Waals surface area contributed by atoms with Gasteiger partial charge in [-0.2, -0.15) is 0 Å². The molecule has 0 saturated heterocycles. The summed E-state index contributed by atoms with van der Waals surface area (Å²) in [5.74, 6) is 0.0955. The van der Waals surface area contributed by atoms with Gasteiger partial charge in [0, 0.05) is 37.5 Å². The number of carbonyl (C=O) groups is 1. The number of rotatable bonds is 8. The molecule has 4 nitrogen and oxygen atoms in total. The molecule has 0 radical (unpaired) electrons. The lowest BCUT2D eigenvalue weighted by Gasteiger charge is -2.24. The van der Waals surface area contributed by atoms with Crippen LogP contribution in [0.2, 0.25) is 0 Å². The summed E-state index contributed by atoms with van der Waals surface area (Å²) in [7, 11) is 0. The number of carbonyl (C=O) groups excluding carboxylic acids is 1. The number of pyridine rings is 1. The molecule has 204 valence electrons. The third-order valence-corrected chi connectivity index (χ3v) is 6.98. The molecular formula is C36H38N2O2. The number of aryl methyl sites for hydroxylation is 2. The van der Waals surface area contributed by atoms with E-state index >= 15 is 0 Å². The smallest absolute Gasteiger partial charge is 0.254 e. The van der Waals surface area contributed by atoms with Crippen LogP contribution in [0.25, 0.3) is 21.9 Å². The van der Waals surface area contributed by atoms with Crippen molar-refractivity contribution >= 4 is 16.7 Å². The lowest BCUT2D eigenvalue weighted by atomic mass is 9.99. The van der Waals surface area contributed by atoms with E-state index in [0.717, 1.165) is 42.3 Å². The Hall–Kier alpha value is -4.44. The van der Waals surface area contributed by atoms with Crippen molar-refractivity contribution in [1.82, 2.24) is 9.47 Å². The summed E-state index contributed by atoms with van der Waals surface area (Å²) < 4.78 is 1.71. The first kappa shape index (κ1) is 28.6. The molecule has 4 aromatic carbocycles. The first-order valence-corrected chi connectivity index (χ1v) is 14.1. The number of hydrogen-bond donors (Lipinski definition) is 0. The SMILES string of the molecule is CCCN(Cc1cc(-c2ccccc2)ccc1C)C(=O)c1cccc2ccccc12.CCCn1ccccc1=O. The number of hydrogen-bond acceptors (Lipinski definition) is 2. The maximum Gasteiger partial charge on any atom is 0.254 e. The Morgan fingerprint density at radius 3 is 2.23 bits per heavy atom. The molecule has 0 saturated carbocycles. The van der Waals surface area contributed by atoms with E-state index in [2.05, 4.69) is 75.4 Å². The molecule has 1 heterocycles. The van der Waals surface area contributed by atoms with Crippen LogP contribution < -0.4 is 5.56 Å². The van der Waals surface area contributed by atoms with E-state index in [1.807, 2.05) is 53.6 Å². The van der Waals surface area contributed by atoms with Gasteiger partial charge in [0.1, 0.15) is 0 Å². The fraction of sp³-hybridized carbons (Fsp3) is 0.222. The summed E-state index contributed by atoms with van der Waals surface area (Å²) in [4.78, 5) is 26.5. The lowest BCUT2D eigenvalue weighted by molar-refractivity contribution is 0.0745. The fourth-order valence-corrected chi connectivity index (χ4v) is 4.85. The molecule has 1 aromatic heterocycles. The predicted octanol–water partition coefficient (Wildman–Crippen LogP) is 8.13. The highest BCUT2D eigenvalue weighted by molar-refractivity contribution is 6.07. The minimum absolute atomic E-state index is 0.0874. The summed E-state index contributed by atoms with van der Waals surface area (Å²) in [5, 5.41) is 2.11. The summed E-state index contributed by atoms with van der Waals surface area (Å²) in [6.07, 6.45) is 3.74. The number of fused-ring (bicyclic) bond motifs is 1. The number of aromatic nitrogens is 1. The van der Waals surface area contributed by atoms with E-state index < -0.39 is 0 Å². The van der Waals surface area contributed by atoms with E-state index in [0.29, 0.717) is 6.54 Å². The van der Waals surface area contributed by atoms with Gasteiger partial charge in [-0.15, -0.1) is 0 Å². The van der Waals surface area contributed by atoms with Crippen molar-refractivity contribution in [3.8, 4) is 11.1 Å². The molecule has 0 aliphatic carbocycles. The average molecular weight is 531 g/mol. The van der Waals surface area contributed by atoms with Crippen LogP contribution in [0.1, 0.15) is 48.2 Å². The van der Waals surface area contributed by atoms with Crippen LogP contribution in [0.3, 0.4) is 0 Å². The average Bonchev–Trinajstić information content (AvgIpc) is 2.99.